The van der Waals surface area contributed by atoms with E-state index >= 15 is 13.2 Å². The monoisotopic (exact) mass is 863 g/mol. The summed E-state index contributed by atoms with van der Waals surface area (Å²) in [5, 5.41) is 17.1. The highest BCUT2D eigenvalue weighted by atomic mass is 35.5. The Morgan fingerprint density at radius 2 is 1.23 bits per heavy atom. The van der Waals surface area contributed by atoms with Crippen molar-refractivity contribution in [3.63, 3.8) is 0 Å². The van der Waals surface area contributed by atoms with Crippen LogP contribution in [0.2, 0.25) is 13.1 Å². The molecule has 1 N–H and O–H groups in total. The maximum atomic E-state index is 17.5. The van der Waals surface area contributed by atoms with Crippen LogP contribution in [0.25, 0.3) is 11.1 Å². The zero-order valence-electron chi connectivity index (χ0n) is 36.5. The number of allylic oxidation sites excluding steroid dienone is 2. The zero-order valence-corrected chi connectivity index (χ0v) is 38.2. The molecule has 0 radical (unpaired) electrons. The number of alkyl halides is 1. The van der Waals surface area contributed by atoms with Gasteiger partial charge in [0.2, 0.25) is 0 Å². The van der Waals surface area contributed by atoms with Gasteiger partial charge in [0.1, 0.15) is 17.1 Å². The van der Waals surface area contributed by atoms with Crippen molar-refractivity contribution >= 4 is 64.4 Å². The van der Waals surface area contributed by atoms with Crippen LogP contribution in [0.3, 0.4) is 0 Å². The predicted molar refractivity (Wildman–Crippen MR) is 236 cm³/mol. The number of nitrogens with one attached hydrogen (secondary N) is 1. The molecule has 1 amide bonds. The van der Waals surface area contributed by atoms with Crippen LogP contribution in [0.15, 0.2) is 36.4 Å². The normalized spacial score (nSPS) is 17.0. The number of aromatic carboxylic acids is 1. The molecule has 3 heterocycles. The van der Waals surface area contributed by atoms with Crippen LogP contribution < -0.4 is 30.6 Å². The lowest BCUT2D eigenvalue weighted by Crippen LogP contribution is -2.60. The smallest absolute Gasteiger partial charge is 0.263 e. The molecule has 8 nitrogen and oxygen atoms in total. The number of fused-ring (bicyclic) bond motifs is 4. The Hall–Kier alpha value is -4.23. The second-order valence-electron chi connectivity index (χ2n) is 17.8. The molecule has 0 atom stereocenters. The number of carbonyl (C=O) groups excluding carboxylic acids is 2. The number of carboxylic acids is 1. The minimum Gasteiger partial charge on any atom is -0.538 e. The van der Waals surface area contributed by atoms with Gasteiger partial charge >= 0.3 is 0 Å². The summed E-state index contributed by atoms with van der Waals surface area (Å²) < 4.78 is 61.0. The fourth-order valence-electron chi connectivity index (χ4n) is 8.99. The molecule has 0 aliphatic carbocycles. The average Bonchev–Trinajstić information content (AvgIpc) is 3.17. The third-order valence-corrected chi connectivity index (χ3v) is 16.5. The van der Waals surface area contributed by atoms with Crippen LogP contribution in [-0.4, -0.2) is 84.0 Å². The van der Waals surface area contributed by atoms with Crippen LogP contribution in [0.1, 0.15) is 116 Å². The number of likely N-dealkylation sites (N-methyl/N-ethyl adjacent to an activating group) is 2. The summed E-state index contributed by atoms with van der Waals surface area (Å²) in [6.07, 6.45) is 8.17. The van der Waals surface area contributed by atoms with Gasteiger partial charge in [-0.15, -0.1) is 11.6 Å². The quantitative estimate of drug-likeness (QED) is 0.0558. The van der Waals surface area contributed by atoms with Crippen molar-refractivity contribution in [2.45, 2.75) is 91.4 Å². The Bertz CT molecular complexity index is 2180. The fraction of sp³-hybridized carbons (Fsp3) is 0.468. The van der Waals surface area contributed by atoms with Gasteiger partial charge in [0, 0.05) is 44.3 Å². The summed E-state index contributed by atoms with van der Waals surface area (Å²) in [5.41, 5.74) is 2.50. The first-order valence-electron chi connectivity index (χ1n) is 20.7. The summed E-state index contributed by atoms with van der Waals surface area (Å²) >= 11 is 5.71. The lowest BCUT2D eigenvalue weighted by atomic mass is 9.77. The molecule has 13 heteroatoms. The highest BCUT2D eigenvalue weighted by molar-refractivity contribution is 7.01. The van der Waals surface area contributed by atoms with Crippen molar-refractivity contribution in [2.24, 2.45) is 0 Å². The number of anilines is 2. The standard InChI is InChI=1S/C47H57ClF3N3O5Si/c1-27-25-46(3,4)53(7)33-23-35-31(21-29(27)33)37(32-22-30-28(2)26-47(5,6)54(8)34(30)24-36(32)60(35,9)10)38-39(45(56)57)42(50)43(51)40(41(38)49)44(55)52-16-18-59-20-19-58-17-14-12-11-13-15-48/h21-26H,11-20H2,1-10H3,(H-,52,55,56,57). The topological polar surface area (TPSA) is 94.2 Å². The summed E-state index contributed by atoms with van der Waals surface area (Å²) in [6.45, 7) is 17.7. The summed E-state index contributed by atoms with van der Waals surface area (Å²) in [7, 11) is 1.25. The van der Waals surface area contributed by atoms with E-state index in [1.165, 1.54) is 0 Å². The van der Waals surface area contributed by atoms with E-state index in [9.17, 15) is 14.7 Å². The van der Waals surface area contributed by atoms with Gasteiger partial charge in [0.05, 0.1) is 64.9 Å². The third-order valence-electron chi connectivity index (χ3n) is 12.7. The Labute approximate surface area is 358 Å². The largest absolute Gasteiger partial charge is 0.538 e. The molecule has 0 fully saturated rings. The molecule has 0 unspecified atom stereocenters. The average molecular weight is 865 g/mol. The number of unbranched alkanes of at least 4 members (excludes halogenated alkanes) is 3. The molecule has 3 aromatic rings. The first-order valence-corrected chi connectivity index (χ1v) is 24.2. The molecule has 3 aromatic carbocycles. The van der Waals surface area contributed by atoms with Crippen molar-refractivity contribution in [3.05, 3.63) is 98.7 Å². The number of hydrogen-bond donors (Lipinski definition) is 1. The van der Waals surface area contributed by atoms with Gasteiger partial charge in [0.15, 0.2) is 25.5 Å². The summed E-state index contributed by atoms with van der Waals surface area (Å²) in [5.74, 6) is -7.95. The second-order valence-corrected chi connectivity index (χ2v) is 22.6. The summed E-state index contributed by atoms with van der Waals surface area (Å²) in [6, 6.07) is 8.01. The van der Waals surface area contributed by atoms with Crippen LogP contribution >= 0.6 is 11.6 Å². The van der Waals surface area contributed by atoms with E-state index in [2.05, 4.69) is 80.2 Å². The number of benzene rings is 3. The molecule has 60 heavy (non-hydrogen) atoms. The fourth-order valence-corrected chi connectivity index (χ4v) is 12.2. The number of nitrogens with zero attached hydrogens (tertiary/aromatic N) is 2. The van der Waals surface area contributed by atoms with Crippen LogP contribution in [0.5, 0.6) is 0 Å². The van der Waals surface area contributed by atoms with E-state index in [0.29, 0.717) is 30.2 Å². The second kappa shape index (κ2) is 17.3. The SMILES string of the molecule is CC1=CC(C)(C)N(C)c2cc3c(cc21)[C+](c1c(F)c(C(=O)NCCOCCOCCCCCCCl)c(F)c(F)c1C(=O)[O-])c1cc2c(cc1[Si]3(C)C)N(C)C(C)(C)C=C2C. The van der Waals surface area contributed by atoms with Crippen molar-refractivity contribution in [1.82, 2.24) is 5.32 Å². The van der Waals surface area contributed by atoms with Crippen LogP contribution in [0.4, 0.5) is 24.5 Å². The Morgan fingerprint density at radius 3 is 1.73 bits per heavy atom. The van der Waals surface area contributed by atoms with E-state index in [1.54, 1.807) is 0 Å². The minimum atomic E-state index is -2.76. The molecular formula is C47H57ClF3N3O5Si. The number of hydrogen-bond acceptors (Lipinski definition) is 7. The third kappa shape index (κ3) is 8.12. The number of amides is 1. The van der Waals surface area contributed by atoms with Crippen molar-refractivity contribution in [2.75, 3.05) is 62.7 Å². The lowest BCUT2D eigenvalue weighted by molar-refractivity contribution is -0.255. The van der Waals surface area contributed by atoms with Crippen LogP contribution in [0, 0.1) is 23.4 Å². The zero-order chi connectivity index (χ0) is 44.1. The van der Waals surface area contributed by atoms with Gasteiger partial charge in [-0.1, -0.05) is 38.1 Å². The molecule has 322 valence electrons. The van der Waals surface area contributed by atoms with Crippen LogP contribution in [-0.2, 0) is 9.47 Å². The van der Waals surface area contributed by atoms with E-state index in [1.807, 2.05) is 40.1 Å². The highest BCUT2D eigenvalue weighted by Gasteiger charge is 2.50. The molecule has 3 aliphatic heterocycles. The number of carboxylic acid groups (broad SMARTS) is 1. The van der Waals surface area contributed by atoms with E-state index < -0.39 is 54.1 Å². The Morgan fingerprint density at radius 1 is 0.750 bits per heavy atom. The van der Waals surface area contributed by atoms with E-state index in [-0.39, 0.29) is 36.8 Å². The number of ether oxygens (including phenoxy) is 2. The maximum absolute atomic E-state index is 17.5. The van der Waals surface area contributed by atoms with Gasteiger partial charge in [-0.2, -0.15) is 8.78 Å². The van der Waals surface area contributed by atoms with Gasteiger partial charge in [-0.05, 0) is 100 Å². The van der Waals surface area contributed by atoms with Gasteiger partial charge in [0.25, 0.3) is 5.91 Å². The van der Waals surface area contributed by atoms with Gasteiger partial charge in [-0.3, -0.25) is 4.79 Å². The molecule has 6 rings (SSSR count). The number of rotatable bonds is 15. The molecule has 0 spiro atoms. The van der Waals surface area contributed by atoms with Gasteiger partial charge < -0.3 is 34.5 Å². The Kier molecular flexibility index (Phi) is 13.0. The molecule has 0 bridgehead atoms. The highest BCUT2D eigenvalue weighted by Crippen LogP contribution is 2.47. The molecule has 3 aliphatic rings. The predicted octanol–water partition coefficient (Wildman–Crippen LogP) is 7.45. The van der Waals surface area contributed by atoms with Crippen molar-refractivity contribution in [1.29, 1.82) is 0 Å². The van der Waals surface area contributed by atoms with Crippen molar-refractivity contribution in [3.8, 4) is 0 Å². The molecule has 0 aromatic heterocycles. The molecular weight excluding hydrogens is 807 g/mol. The maximum Gasteiger partial charge on any atom is 0.263 e. The Balaban J connectivity index is 1.46. The van der Waals surface area contributed by atoms with E-state index in [4.69, 9.17) is 21.1 Å². The lowest BCUT2D eigenvalue weighted by Gasteiger charge is -2.44. The number of carbonyl (C=O) groups is 2. The van der Waals surface area contributed by atoms with E-state index in [0.717, 1.165) is 69.7 Å². The molecule has 0 saturated heterocycles. The first-order chi connectivity index (χ1) is 28.2. The molecule has 0 saturated carbocycles. The summed E-state index contributed by atoms with van der Waals surface area (Å²) in [4.78, 5) is 31.0. The van der Waals surface area contributed by atoms with Crippen molar-refractivity contribution < 1.29 is 37.3 Å². The van der Waals surface area contributed by atoms with Gasteiger partial charge in [-0.25, -0.2) is 4.39 Å². The number of halogens is 4. The minimum absolute atomic E-state index is 0.00910. The first kappa shape index (κ1) is 45.3.